The van der Waals surface area contributed by atoms with Gasteiger partial charge in [-0.2, -0.15) is 10.2 Å². The van der Waals surface area contributed by atoms with Crippen molar-refractivity contribution in [2.45, 2.75) is 158 Å². The minimum absolute atomic E-state index is 0.336. The summed E-state index contributed by atoms with van der Waals surface area (Å²) in [6, 6.07) is 63.8. The van der Waals surface area contributed by atoms with Gasteiger partial charge in [0.15, 0.2) is 11.7 Å². The molecule has 10 aromatic rings. The van der Waals surface area contributed by atoms with Crippen molar-refractivity contribution in [3.05, 3.63) is 249 Å². The van der Waals surface area contributed by atoms with Crippen LogP contribution < -0.4 is 0 Å². The minimum atomic E-state index is 0.336. The molecule has 10 rings (SSSR count). The van der Waals surface area contributed by atoms with E-state index >= 15 is 0 Å². The molecule has 0 spiro atoms. The van der Waals surface area contributed by atoms with E-state index in [-0.39, 0.29) is 0 Å². The van der Waals surface area contributed by atoms with Gasteiger partial charge in [0.05, 0.1) is 46.2 Å². The molecule has 486 valence electrons. The monoisotopic (exact) mass is 1390 g/mol. The number of benzene rings is 8. The molecular formula is C78H88Cl4Co2N8. The molecule has 0 fully saturated rings. The van der Waals surface area contributed by atoms with Crippen molar-refractivity contribution in [3.8, 4) is 0 Å². The van der Waals surface area contributed by atoms with Crippen LogP contribution in [0.5, 0.6) is 0 Å². The summed E-state index contributed by atoms with van der Waals surface area (Å²) < 4.78 is 4.01. The molecule has 0 aliphatic heterocycles. The maximum absolute atomic E-state index is 5.47. The van der Waals surface area contributed by atoms with E-state index in [2.05, 4.69) is 281 Å². The molecule has 0 N–H and O–H groups in total. The van der Waals surface area contributed by atoms with Crippen LogP contribution in [0, 0.1) is 0 Å². The normalized spacial score (nSPS) is 12.3. The van der Waals surface area contributed by atoms with Crippen molar-refractivity contribution >= 4 is 109 Å². The molecule has 8 aromatic carbocycles. The number of rotatable bonds is 16. The van der Waals surface area contributed by atoms with E-state index in [0.717, 1.165) is 78.7 Å². The molecule has 0 amide bonds. The molecule has 2 heterocycles. The number of nitrogens with zero attached hydrogens (tertiary/aromatic N) is 8. The molecule has 0 aliphatic rings. The predicted octanol–water partition coefficient (Wildman–Crippen LogP) is 24.6. The van der Waals surface area contributed by atoms with E-state index in [4.69, 9.17) is 70.8 Å². The van der Waals surface area contributed by atoms with Gasteiger partial charge in [0, 0.05) is 21.9 Å². The fourth-order valence-corrected chi connectivity index (χ4v) is 11.4. The third-order valence-corrected chi connectivity index (χ3v) is 16.1. The molecule has 0 bridgehead atoms. The van der Waals surface area contributed by atoms with Crippen molar-refractivity contribution in [3.63, 3.8) is 0 Å². The maximum atomic E-state index is 5.47. The molecule has 0 unspecified atom stereocenters. The third kappa shape index (κ3) is 18.1. The SMILES string of the molecule is CC(C)c1cccc(C(C)C)c1N=Cc1nn(C(=Nc2c(C(C)C)cccc2C(C)C)c2ccccc2)c2ccccc12.CC(C)c1cccc(C(C)C)c1N=Cc1nn(C(=Nc2c(C(C)C)cccc2C(C)C)c2ccccc2)c2ccccc12.[Cl][Co][Cl].[Cl][Co][Cl]. The first-order valence-corrected chi connectivity index (χ1v) is 37.4. The number of fused-ring (bicyclic) bond motifs is 2. The van der Waals surface area contributed by atoms with Crippen LogP contribution in [0.4, 0.5) is 22.7 Å². The Kier molecular flexibility index (Phi) is 27.9. The Morgan fingerprint density at radius 2 is 0.543 bits per heavy atom. The van der Waals surface area contributed by atoms with Gasteiger partial charge in [-0.3, -0.25) is 9.98 Å². The molecule has 92 heavy (non-hydrogen) atoms. The second-order valence-electron chi connectivity index (χ2n) is 25.2. The fourth-order valence-electron chi connectivity index (χ4n) is 11.4. The van der Waals surface area contributed by atoms with Crippen molar-refractivity contribution in [1.82, 2.24) is 19.6 Å². The van der Waals surface area contributed by atoms with Crippen LogP contribution in [0.3, 0.4) is 0 Å². The number of halogens is 4. The van der Waals surface area contributed by atoms with Crippen LogP contribution in [0.25, 0.3) is 21.8 Å². The van der Waals surface area contributed by atoms with E-state index in [9.17, 15) is 0 Å². The molecule has 0 saturated heterocycles. The van der Waals surface area contributed by atoms with Gasteiger partial charge in [0.25, 0.3) is 0 Å². The van der Waals surface area contributed by atoms with Gasteiger partial charge < -0.3 is 0 Å². The van der Waals surface area contributed by atoms with Gasteiger partial charge in [-0.05, 0) is 104 Å². The first-order valence-electron chi connectivity index (χ1n) is 31.7. The first kappa shape index (κ1) is 73.0. The molecule has 0 radical (unpaired) electrons. The first-order chi connectivity index (χ1) is 44.2. The van der Waals surface area contributed by atoms with Crippen LogP contribution in [0.2, 0.25) is 0 Å². The van der Waals surface area contributed by atoms with E-state index < -0.39 is 0 Å². The average Bonchev–Trinajstić information content (AvgIpc) is 1.59. The number of para-hydroxylation sites is 6. The zero-order valence-corrected chi connectivity index (χ0v) is 61.0. The summed E-state index contributed by atoms with van der Waals surface area (Å²) in [4.78, 5) is 21.2. The third-order valence-electron chi connectivity index (χ3n) is 16.1. The van der Waals surface area contributed by atoms with Crippen LogP contribution in [-0.4, -0.2) is 43.7 Å². The average molecular weight is 1400 g/mol. The summed E-state index contributed by atoms with van der Waals surface area (Å²) in [5, 5.41) is 12.5. The topological polar surface area (TPSA) is 85.1 Å². The van der Waals surface area contributed by atoms with E-state index in [1.54, 1.807) is 0 Å². The van der Waals surface area contributed by atoms with Crippen LogP contribution in [0.15, 0.2) is 202 Å². The van der Waals surface area contributed by atoms with E-state index in [0.29, 0.717) is 73.1 Å². The van der Waals surface area contributed by atoms with Crippen LogP contribution in [-0.2, 0) is 25.8 Å². The number of hydrogen-bond donors (Lipinski definition) is 0. The Labute approximate surface area is 577 Å². The predicted molar refractivity (Wildman–Crippen MR) is 392 cm³/mol. The molecule has 14 heteroatoms. The van der Waals surface area contributed by atoms with Gasteiger partial charge in [-0.1, -0.05) is 281 Å². The van der Waals surface area contributed by atoms with Gasteiger partial charge >= 0.3 is 66.4 Å². The second kappa shape index (κ2) is 35.2. The molecule has 2 aromatic heterocycles. The van der Waals surface area contributed by atoms with Gasteiger partial charge in [-0.25, -0.2) is 19.3 Å². The number of aromatic nitrogens is 4. The number of hydrogen-bond acceptors (Lipinski definition) is 6. The van der Waals surface area contributed by atoms with Crippen molar-refractivity contribution < 1.29 is 25.8 Å². The Hall–Kier alpha value is -6.45. The molecule has 0 aliphatic carbocycles. The Balaban J connectivity index is 0.000000241. The fraction of sp³-hybridized carbons (Fsp3) is 0.308. The summed E-state index contributed by atoms with van der Waals surface area (Å²) >= 11 is 0.764. The molecule has 0 atom stereocenters. The van der Waals surface area contributed by atoms with Gasteiger partial charge in [0.2, 0.25) is 0 Å². The quantitative estimate of drug-likeness (QED) is 0.0713. The molecule has 8 nitrogen and oxygen atoms in total. The Bertz CT molecular complexity index is 3770. The van der Waals surface area contributed by atoms with E-state index in [1.165, 1.54) is 44.5 Å². The van der Waals surface area contributed by atoms with Crippen molar-refractivity contribution in [1.29, 1.82) is 0 Å². The summed E-state index contributed by atoms with van der Waals surface area (Å²) in [5.74, 6) is 4.42. The Morgan fingerprint density at radius 3 is 0.793 bits per heavy atom. The molecule has 0 saturated carbocycles. The summed E-state index contributed by atoms with van der Waals surface area (Å²) in [6.07, 6.45) is 3.88. The standard InChI is InChI=1S/2C39H44N4.4ClH.2Co/c2*1-25(2)30-19-14-20-31(26(3)4)37(30)40-24-35-34-18-12-13-23-36(34)43(42-35)39(29-16-10-9-11-17-29)41-38-32(27(5)6)21-15-22-33(38)28(7)8;;;;;;/h2*9-28H,1-8H3;4*1H;;/q;;;;;;2*+2/p-4. The zero-order valence-electron chi connectivity index (χ0n) is 55.9. The van der Waals surface area contributed by atoms with Crippen LogP contribution >= 0.6 is 40.6 Å². The summed E-state index contributed by atoms with van der Waals surface area (Å²) in [7, 11) is 18.9. The van der Waals surface area contributed by atoms with Crippen molar-refractivity contribution in [2.75, 3.05) is 0 Å². The number of aliphatic imine (C=N–C) groups is 4. The van der Waals surface area contributed by atoms with E-state index in [1.807, 2.05) is 33.9 Å². The van der Waals surface area contributed by atoms with Crippen LogP contribution in [0.1, 0.15) is 225 Å². The van der Waals surface area contributed by atoms with Crippen molar-refractivity contribution in [2.24, 2.45) is 20.0 Å². The Morgan fingerprint density at radius 1 is 0.315 bits per heavy atom. The second-order valence-corrected chi connectivity index (χ2v) is 28.7. The van der Waals surface area contributed by atoms with Gasteiger partial charge in [-0.15, -0.1) is 0 Å². The summed E-state index contributed by atoms with van der Waals surface area (Å²) in [6.45, 7) is 35.7. The molecular weight excluding hydrogens is 1310 g/mol. The van der Waals surface area contributed by atoms with Gasteiger partial charge in [0.1, 0.15) is 11.4 Å². The summed E-state index contributed by atoms with van der Waals surface area (Å²) in [5.41, 5.74) is 19.8. The zero-order chi connectivity index (χ0) is 66.8.